The Bertz CT molecular complexity index is 1250. The van der Waals surface area contributed by atoms with Crippen molar-refractivity contribution in [1.82, 2.24) is 9.29 Å². The molecule has 0 amide bonds. The summed E-state index contributed by atoms with van der Waals surface area (Å²) in [5, 5.41) is 9.85. The molecule has 0 spiro atoms. The summed E-state index contributed by atoms with van der Waals surface area (Å²) in [5.74, 6) is 0. The first-order valence-electron chi connectivity index (χ1n) is 9.43. The molecule has 0 aliphatic rings. The maximum absolute atomic E-state index is 13.1. The highest BCUT2D eigenvalue weighted by Gasteiger charge is 2.33. The number of benzene rings is 2. The van der Waals surface area contributed by atoms with Crippen LogP contribution in [-0.4, -0.2) is 36.0 Å². The molecule has 166 valence electrons. The van der Waals surface area contributed by atoms with Crippen LogP contribution in [-0.2, 0) is 22.7 Å². The van der Waals surface area contributed by atoms with Gasteiger partial charge in [-0.15, -0.1) is 0 Å². The van der Waals surface area contributed by atoms with Crippen LogP contribution in [0.25, 0.3) is 10.9 Å². The molecule has 6 nitrogen and oxygen atoms in total. The van der Waals surface area contributed by atoms with Gasteiger partial charge in [0.25, 0.3) is 5.56 Å². The zero-order valence-electron chi connectivity index (χ0n) is 16.6. The molecule has 0 saturated heterocycles. The van der Waals surface area contributed by atoms with Crippen molar-refractivity contribution in [3.05, 3.63) is 75.6 Å². The van der Waals surface area contributed by atoms with Crippen LogP contribution in [0.3, 0.4) is 0 Å². The van der Waals surface area contributed by atoms with Crippen molar-refractivity contribution in [2.24, 2.45) is 0 Å². The number of hydrogen-bond donors (Lipinski definition) is 2. The van der Waals surface area contributed by atoms with Crippen LogP contribution in [0.1, 0.15) is 23.1 Å². The van der Waals surface area contributed by atoms with E-state index in [0.29, 0.717) is 17.0 Å². The van der Waals surface area contributed by atoms with Crippen molar-refractivity contribution in [2.75, 3.05) is 13.2 Å². The van der Waals surface area contributed by atoms with Gasteiger partial charge in [-0.25, -0.2) is 8.42 Å². The van der Waals surface area contributed by atoms with Gasteiger partial charge in [-0.1, -0.05) is 18.2 Å². The second kappa shape index (κ2) is 8.81. The predicted molar refractivity (Wildman–Crippen MR) is 110 cm³/mol. The van der Waals surface area contributed by atoms with Gasteiger partial charge in [0.15, 0.2) is 0 Å². The maximum atomic E-state index is 13.1. The fourth-order valence-electron chi connectivity index (χ4n) is 3.18. The molecule has 2 N–H and O–H groups in total. The second-order valence-corrected chi connectivity index (χ2v) is 9.09. The van der Waals surface area contributed by atoms with E-state index in [1.807, 2.05) is 13.0 Å². The summed E-state index contributed by atoms with van der Waals surface area (Å²) in [6.07, 6.45) is -4.64. The normalized spacial score (nSPS) is 12.6. The lowest BCUT2D eigenvalue weighted by Crippen LogP contribution is -2.34. The zero-order chi connectivity index (χ0) is 22.8. The van der Waals surface area contributed by atoms with Crippen molar-refractivity contribution in [1.29, 1.82) is 0 Å². The van der Waals surface area contributed by atoms with E-state index >= 15 is 0 Å². The minimum absolute atomic E-state index is 0.0584. The fraction of sp³-hybridized carbons (Fsp3) is 0.286. The number of aliphatic hydroxyl groups is 1. The summed E-state index contributed by atoms with van der Waals surface area (Å²) in [4.78, 5) is 14.7. The molecule has 0 aliphatic carbocycles. The molecule has 0 unspecified atom stereocenters. The van der Waals surface area contributed by atoms with Crippen molar-refractivity contribution in [2.45, 2.75) is 31.0 Å². The Morgan fingerprint density at radius 2 is 1.84 bits per heavy atom. The minimum atomic E-state index is -4.70. The highest BCUT2D eigenvalue weighted by molar-refractivity contribution is 7.89. The van der Waals surface area contributed by atoms with Gasteiger partial charge in [0.1, 0.15) is 0 Å². The molecule has 10 heteroatoms. The summed E-state index contributed by atoms with van der Waals surface area (Å²) in [6.45, 7) is 1.03. The first-order valence-corrected chi connectivity index (χ1v) is 10.9. The molecular formula is C21H21F3N2O4S. The number of aryl methyl sites for hydroxylation is 1. The van der Waals surface area contributed by atoms with E-state index in [9.17, 15) is 26.4 Å². The Hall–Kier alpha value is -2.69. The third kappa shape index (κ3) is 5.15. The van der Waals surface area contributed by atoms with Crippen LogP contribution in [0.2, 0.25) is 0 Å². The van der Waals surface area contributed by atoms with Crippen LogP contribution >= 0.6 is 0 Å². The van der Waals surface area contributed by atoms with Gasteiger partial charge in [-0.2, -0.15) is 17.5 Å². The molecule has 0 bridgehead atoms. The first-order chi connectivity index (χ1) is 14.5. The third-order valence-corrected chi connectivity index (χ3v) is 6.63. The number of pyridine rings is 1. The van der Waals surface area contributed by atoms with E-state index in [0.717, 1.165) is 28.1 Å². The highest BCUT2D eigenvalue weighted by Crippen LogP contribution is 2.31. The zero-order valence-corrected chi connectivity index (χ0v) is 17.4. The van der Waals surface area contributed by atoms with Crippen molar-refractivity contribution >= 4 is 20.9 Å². The van der Waals surface area contributed by atoms with E-state index in [2.05, 4.69) is 4.98 Å². The lowest BCUT2D eigenvalue weighted by molar-refractivity contribution is -0.137. The fourth-order valence-corrected chi connectivity index (χ4v) is 4.68. The molecule has 0 fully saturated rings. The lowest BCUT2D eigenvalue weighted by Gasteiger charge is -2.22. The summed E-state index contributed by atoms with van der Waals surface area (Å²) >= 11 is 0. The van der Waals surface area contributed by atoms with Crippen LogP contribution in [0.4, 0.5) is 13.2 Å². The van der Waals surface area contributed by atoms with Crippen LogP contribution in [0.5, 0.6) is 0 Å². The topological polar surface area (TPSA) is 90.5 Å². The molecule has 0 atom stereocenters. The van der Waals surface area contributed by atoms with E-state index in [1.165, 1.54) is 0 Å². The molecule has 0 radical (unpaired) electrons. The number of fused-ring (bicyclic) bond motifs is 1. The number of rotatable bonds is 7. The molecule has 1 aromatic heterocycles. The van der Waals surface area contributed by atoms with Gasteiger partial charge in [-0.05, 0) is 54.6 Å². The third-order valence-electron chi connectivity index (χ3n) is 4.79. The number of nitrogens with one attached hydrogen (secondary N) is 1. The Morgan fingerprint density at radius 3 is 2.52 bits per heavy atom. The summed E-state index contributed by atoms with van der Waals surface area (Å²) in [6, 6.07) is 10.4. The van der Waals surface area contributed by atoms with Gasteiger partial charge in [0.2, 0.25) is 10.0 Å². The standard InChI is InChI=1S/C21H21F3N2O4S/c1-14-6-7-15-11-16(20(28)25-19(15)10-14)13-26(8-3-9-27)31(29,30)18-5-2-4-17(12-18)21(22,23)24/h2,4-7,10-12,27H,3,8-9,13H2,1H3,(H,25,28). The van der Waals surface area contributed by atoms with Crippen molar-refractivity contribution in [3.8, 4) is 0 Å². The molecule has 0 saturated carbocycles. The van der Waals surface area contributed by atoms with Gasteiger partial charge >= 0.3 is 6.18 Å². The van der Waals surface area contributed by atoms with Crippen molar-refractivity contribution < 1.29 is 26.7 Å². The van der Waals surface area contributed by atoms with Gasteiger partial charge in [0, 0.05) is 30.8 Å². The Kier molecular flexibility index (Phi) is 6.54. The van der Waals surface area contributed by atoms with Crippen molar-refractivity contribution in [3.63, 3.8) is 0 Å². The van der Waals surface area contributed by atoms with Gasteiger partial charge < -0.3 is 10.1 Å². The minimum Gasteiger partial charge on any atom is -0.396 e. The summed E-state index contributed by atoms with van der Waals surface area (Å²) < 4.78 is 66.3. The number of aromatic amines is 1. The number of hydrogen-bond acceptors (Lipinski definition) is 4. The molecule has 2 aromatic carbocycles. The van der Waals surface area contributed by atoms with Gasteiger partial charge in [-0.3, -0.25) is 4.79 Å². The summed E-state index contributed by atoms with van der Waals surface area (Å²) in [5.41, 5.74) is 0.0924. The average Bonchev–Trinajstić information content (AvgIpc) is 2.70. The lowest BCUT2D eigenvalue weighted by atomic mass is 10.1. The molecule has 3 aromatic rings. The number of sulfonamides is 1. The van der Waals surface area contributed by atoms with Crippen LogP contribution in [0.15, 0.2) is 58.2 Å². The Morgan fingerprint density at radius 1 is 1.10 bits per heavy atom. The molecule has 1 heterocycles. The Labute approximate surface area is 177 Å². The quantitative estimate of drug-likeness (QED) is 0.572. The number of H-pyrrole nitrogens is 1. The molecule has 31 heavy (non-hydrogen) atoms. The van der Waals surface area contributed by atoms with E-state index < -0.39 is 32.2 Å². The number of aromatic nitrogens is 1. The smallest absolute Gasteiger partial charge is 0.396 e. The number of halogens is 3. The SMILES string of the molecule is Cc1ccc2cc(CN(CCCO)S(=O)(=O)c3cccc(C(F)(F)F)c3)c(=O)[nH]c2c1. The predicted octanol–water partition coefficient (Wildman–Crippen LogP) is 3.43. The van der Waals surface area contributed by atoms with E-state index in [1.54, 1.807) is 18.2 Å². The molecular weight excluding hydrogens is 433 g/mol. The average molecular weight is 454 g/mol. The Balaban J connectivity index is 2.02. The largest absolute Gasteiger partial charge is 0.416 e. The first kappa shape index (κ1) is 23.0. The summed E-state index contributed by atoms with van der Waals surface area (Å²) in [7, 11) is -4.36. The molecule has 3 rings (SSSR count). The molecule has 0 aliphatic heterocycles. The number of aliphatic hydroxyl groups excluding tert-OH is 1. The second-order valence-electron chi connectivity index (χ2n) is 7.16. The van der Waals surface area contributed by atoms with Crippen LogP contribution in [0, 0.1) is 6.92 Å². The number of nitrogens with zero attached hydrogens (tertiary/aromatic N) is 1. The van der Waals surface area contributed by atoms with E-state index in [-0.39, 0.29) is 31.7 Å². The highest BCUT2D eigenvalue weighted by atomic mass is 32.2. The maximum Gasteiger partial charge on any atom is 0.416 e. The van der Waals surface area contributed by atoms with E-state index in [4.69, 9.17) is 5.11 Å². The van der Waals surface area contributed by atoms with Crippen LogP contribution < -0.4 is 5.56 Å². The number of alkyl halides is 3. The van der Waals surface area contributed by atoms with Gasteiger partial charge in [0.05, 0.1) is 10.5 Å². The monoisotopic (exact) mass is 454 g/mol.